The fourth-order valence-corrected chi connectivity index (χ4v) is 9.25. The van der Waals surface area contributed by atoms with Crippen molar-refractivity contribution in [3.8, 4) is 0 Å². The Hall–Kier alpha value is 0.560. The van der Waals surface area contributed by atoms with Crippen molar-refractivity contribution < 1.29 is 0 Å². The predicted molar refractivity (Wildman–Crippen MR) is 79.4 cm³/mol. The van der Waals surface area contributed by atoms with Crippen molar-refractivity contribution >= 4 is 17.8 Å². The van der Waals surface area contributed by atoms with Crippen LogP contribution in [0.5, 0.6) is 0 Å². The Bertz CT molecular complexity index is 260. The molecule has 0 aliphatic carbocycles. The summed E-state index contributed by atoms with van der Waals surface area (Å²) in [6.45, 7) is 3.56. The molecule has 3 aliphatic rings. The van der Waals surface area contributed by atoms with Crippen LogP contribution in [0.3, 0.4) is 0 Å². The zero-order chi connectivity index (χ0) is 12.7. The van der Waals surface area contributed by atoms with Crippen molar-refractivity contribution in [3.05, 3.63) is 0 Å². The van der Waals surface area contributed by atoms with Crippen LogP contribution in [-0.2, 0) is 0 Å². The summed E-state index contributed by atoms with van der Waals surface area (Å²) in [4.78, 5) is 0. The van der Waals surface area contributed by atoms with E-state index in [0.717, 1.165) is 39.3 Å². The molecule has 3 rings (SSSR count). The third-order valence-electron chi connectivity index (χ3n) is 4.82. The van der Waals surface area contributed by atoms with Gasteiger partial charge in [0.1, 0.15) is 0 Å². The number of hydrogen-bond acceptors (Lipinski definition) is 4. The minimum atomic E-state index is -2.97. The van der Waals surface area contributed by atoms with E-state index in [-0.39, 0.29) is 0 Å². The van der Waals surface area contributed by atoms with Gasteiger partial charge in [0.15, 0.2) is 0 Å². The number of nitrogens with zero attached hydrogens (tertiary/aromatic N) is 3. The van der Waals surface area contributed by atoms with E-state index in [1.807, 2.05) is 0 Å². The third-order valence-corrected chi connectivity index (χ3v) is 11.1. The third kappa shape index (κ3) is 1.93. The first kappa shape index (κ1) is 13.5. The average Bonchev–Trinajstić information content (AvgIpc) is 3.13. The molecule has 3 aliphatic heterocycles. The molecule has 0 aromatic rings. The summed E-state index contributed by atoms with van der Waals surface area (Å²) >= 11 is 7.30. The summed E-state index contributed by atoms with van der Waals surface area (Å²) in [6, 6.07) is 0. The fraction of sp³-hybridized carbons (Fsp3) is 1.00. The van der Waals surface area contributed by atoms with Gasteiger partial charge < -0.3 is 0 Å². The molecular formula is C12H26ClN4P. The van der Waals surface area contributed by atoms with E-state index in [2.05, 4.69) is 14.0 Å². The number of hydrogen-bond donors (Lipinski definition) is 1. The first-order chi connectivity index (χ1) is 8.62. The van der Waals surface area contributed by atoms with Gasteiger partial charge in [-0.05, 0) is 0 Å². The number of halogens is 1. The Morgan fingerprint density at radius 1 is 0.611 bits per heavy atom. The molecule has 2 N–H and O–H groups in total. The molecule has 0 aromatic carbocycles. The van der Waals surface area contributed by atoms with Gasteiger partial charge in [-0.3, -0.25) is 0 Å². The van der Waals surface area contributed by atoms with Gasteiger partial charge >= 0.3 is 115 Å². The maximum atomic E-state index is 7.30. The normalized spacial score (nSPS) is 30.9. The second kappa shape index (κ2) is 4.83. The van der Waals surface area contributed by atoms with E-state index in [0.29, 0.717) is 0 Å². The van der Waals surface area contributed by atoms with E-state index in [1.165, 1.54) is 38.5 Å². The molecule has 3 heterocycles. The molecule has 0 atom stereocenters. The van der Waals surface area contributed by atoms with Crippen LogP contribution in [0.2, 0.25) is 0 Å². The van der Waals surface area contributed by atoms with Gasteiger partial charge in [-0.1, -0.05) is 0 Å². The minimum absolute atomic E-state index is 1.09. The zero-order valence-electron chi connectivity index (χ0n) is 11.2. The van der Waals surface area contributed by atoms with Crippen LogP contribution in [0.25, 0.3) is 0 Å². The monoisotopic (exact) mass is 292 g/mol. The molecule has 0 unspecified atom stereocenters. The van der Waals surface area contributed by atoms with Crippen LogP contribution in [0, 0.1) is 0 Å². The molecule has 0 radical (unpaired) electrons. The molecular weight excluding hydrogens is 267 g/mol. The zero-order valence-corrected chi connectivity index (χ0v) is 12.9. The Morgan fingerprint density at radius 2 is 0.833 bits per heavy atom. The molecule has 106 valence electrons. The van der Waals surface area contributed by atoms with Crippen LogP contribution in [0.4, 0.5) is 0 Å². The van der Waals surface area contributed by atoms with Crippen LogP contribution < -0.4 is 5.50 Å². The van der Waals surface area contributed by atoms with Gasteiger partial charge in [0.2, 0.25) is 0 Å². The van der Waals surface area contributed by atoms with Gasteiger partial charge in [0.25, 0.3) is 0 Å². The molecule has 0 bridgehead atoms. The maximum absolute atomic E-state index is 7.30. The van der Waals surface area contributed by atoms with E-state index < -0.39 is 6.56 Å². The van der Waals surface area contributed by atoms with Gasteiger partial charge in [-0.2, -0.15) is 0 Å². The molecule has 6 heteroatoms. The molecule has 18 heavy (non-hydrogen) atoms. The summed E-state index contributed by atoms with van der Waals surface area (Å²) in [5, 5.41) is 0. The molecule has 0 spiro atoms. The van der Waals surface area contributed by atoms with Crippen molar-refractivity contribution in [1.82, 2.24) is 14.0 Å². The summed E-state index contributed by atoms with van der Waals surface area (Å²) in [6.07, 6.45) is 7.52. The Kier molecular flexibility index (Phi) is 3.64. The van der Waals surface area contributed by atoms with Gasteiger partial charge in [-0.15, -0.1) is 0 Å². The average molecular weight is 293 g/mol. The Morgan fingerprint density at radius 3 is 1.06 bits per heavy atom. The number of rotatable bonds is 3. The molecule has 3 fully saturated rings. The summed E-state index contributed by atoms with van der Waals surface area (Å²) in [5.74, 6) is 0. The second-order valence-corrected chi connectivity index (χ2v) is 11.4. The Balaban J connectivity index is 1.93. The van der Waals surface area contributed by atoms with Crippen LogP contribution in [-0.4, -0.2) is 53.3 Å². The quantitative estimate of drug-likeness (QED) is 0.811. The van der Waals surface area contributed by atoms with Crippen molar-refractivity contribution in [3.63, 3.8) is 0 Å². The van der Waals surface area contributed by atoms with Crippen LogP contribution in [0.1, 0.15) is 38.5 Å². The summed E-state index contributed by atoms with van der Waals surface area (Å²) in [7, 11) is 0. The van der Waals surface area contributed by atoms with Gasteiger partial charge in [0, 0.05) is 0 Å². The van der Waals surface area contributed by atoms with Crippen molar-refractivity contribution in [2.45, 2.75) is 38.5 Å². The van der Waals surface area contributed by atoms with Crippen LogP contribution in [0.15, 0.2) is 0 Å². The van der Waals surface area contributed by atoms with E-state index in [4.69, 9.17) is 16.7 Å². The summed E-state index contributed by atoms with van der Waals surface area (Å²) in [5.41, 5.74) is 7.03. The van der Waals surface area contributed by atoms with E-state index >= 15 is 0 Å². The molecule has 4 nitrogen and oxygen atoms in total. The molecule has 0 amide bonds. The van der Waals surface area contributed by atoms with Crippen molar-refractivity contribution in [2.24, 2.45) is 5.50 Å². The second-order valence-electron chi connectivity index (χ2n) is 5.92. The fourth-order valence-electron chi connectivity index (χ4n) is 3.75. The van der Waals surface area contributed by atoms with Crippen molar-refractivity contribution in [1.29, 1.82) is 0 Å². The van der Waals surface area contributed by atoms with Gasteiger partial charge in [-0.25, -0.2) is 0 Å². The van der Waals surface area contributed by atoms with Crippen LogP contribution >= 0.6 is 17.8 Å². The molecule has 0 saturated carbocycles. The topological polar surface area (TPSA) is 35.7 Å². The van der Waals surface area contributed by atoms with Gasteiger partial charge in [0.05, 0.1) is 0 Å². The first-order valence-corrected chi connectivity index (χ1v) is 10.5. The summed E-state index contributed by atoms with van der Waals surface area (Å²) < 4.78 is 7.34. The number of nitrogens with two attached hydrogens (primary N) is 1. The predicted octanol–water partition coefficient (Wildman–Crippen LogP) is 2.60. The van der Waals surface area contributed by atoms with E-state index in [1.54, 1.807) is 0 Å². The first-order valence-electron chi connectivity index (χ1n) is 7.42. The Labute approximate surface area is 115 Å². The SMILES string of the molecule is NP(Cl)(N1CCCC1)(N1CCCC1)N1CCCC1. The van der Waals surface area contributed by atoms with E-state index in [9.17, 15) is 0 Å². The van der Waals surface area contributed by atoms with Crippen molar-refractivity contribution in [2.75, 3.05) is 39.3 Å². The standard InChI is InChI=1S/C12H26ClN4P/c13-18(14,15-7-1-2-8-15,16-9-3-4-10-16)17-11-5-6-12-17/h1-12,14H2. The molecule has 3 saturated heterocycles. The molecule has 0 aromatic heterocycles.